The number of hydrogen-bond donors (Lipinski definition) is 1. The van der Waals surface area contributed by atoms with Crippen LogP contribution < -0.4 is 15.2 Å². The smallest absolute Gasteiger partial charge is 0.325 e. The van der Waals surface area contributed by atoms with Crippen molar-refractivity contribution in [3.05, 3.63) is 42.1 Å². The van der Waals surface area contributed by atoms with Crippen LogP contribution in [0.15, 0.2) is 36.5 Å². The summed E-state index contributed by atoms with van der Waals surface area (Å²) in [6, 6.07) is 9.43. The Morgan fingerprint density at radius 2 is 1.94 bits per heavy atom. The SMILES string of the molecule is CCOc1ccnc(Oc2ccc(CN)cc2)n1. The van der Waals surface area contributed by atoms with Gasteiger partial charge in [0.1, 0.15) is 5.75 Å². The summed E-state index contributed by atoms with van der Waals surface area (Å²) in [5.74, 6) is 1.17. The predicted octanol–water partition coefficient (Wildman–Crippen LogP) is 2.13. The summed E-state index contributed by atoms with van der Waals surface area (Å²) in [6.45, 7) is 2.96. The molecule has 0 aliphatic rings. The molecule has 0 aliphatic heterocycles. The third-order valence-corrected chi connectivity index (χ3v) is 2.27. The van der Waals surface area contributed by atoms with Crippen LogP contribution in [0.25, 0.3) is 0 Å². The minimum absolute atomic E-state index is 0.265. The average molecular weight is 245 g/mol. The lowest BCUT2D eigenvalue weighted by molar-refractivity contribution is 0.318. The van der Waals surface area contributed by atoms with Crippen LogP contribution in [0, 0.1) is 0 Å². The maximum Gasteiger partial charge on any atom is 0.325 e. The fourth-order valence-electron chi connectivity index (χ4n) is 1.40. The lowest BCUT2D eigenvalue weighted by Crippen LogP contribution is -1.98. The van der Waals surface area contributed by atoms with Gasteiger partial charge in [0.05, 0.1) is 6.61 Å². The van der Waals surface area contributed by atoms with Gasteiger partial charge in [-0.15, -0.1) is 0 Å². The number of rotatable bonds is 5. The fourth-order valence-corrected chi connectivity index (χ4v) is 1.40. The maximum absolute atomic E-state index is 5.52. The Morgan fingerprint density at radius 3 is 2.61 bits per heavy atom. The number of ether oxygens (including phenoxy) is 2. The molecule has 0 bridgehead atoms. The van der Waals surface area contributed by atoms with Crippen LogP contribution >= 0.6 is 0 Å². The molecule has 0 radical (unpaired) electrons. The second-order valence-corrected chi connectivity index (χ2v) is 3.56. The summed E-state index contributed by atoms with van der Waals surface area (Å²) in [7, 11) is 0. The molecule has 0 amide bonds. The summed E-state index contributed by atoms with van der Waals surface area (Å²) >= 11 is 0. The zero-order valence-corrected chi connectivity index (χ0v) is 10.2. The van der Waals surface area contributed by atoms with Gasteiger partial charge in [0, 0.05) is 18.8 Å². The molecule has 2 N–H and O–H groups in total. The Balaban J connectivity index is 2.09. The molecule has 5 heteroatoms. The van der Waals surface area contributed by atoms with Crippen molar-refractivity contribution < 1.29 is 9.47 Å². The molecule has 0 spiro atoms. The third kappa shape index (κ3) is 3.18. The van der Waals surface area contributed by atoms with Gasteiger partial charge in [0.15, 0.2) is 0 Å². The monoisotopic (exact) mass is 245 g/mol. The number of nitrogens with two attached hydrogens (primary N) is 1. The van der Waals surface area contributed by atoms with E-state index in [1.54, 1.807) is 12.3 Å². The lowest BCUT2D eigenvalue weighted by atomic mass is 10.2. The molecule has 0 unspecified atom stereocenters. The average Bonchev–Trinajstić information content (AvgIpc) is 2.40. The molecule has 1 heterocycles. The van der Waals surface area contributed by atoms with Gasteiger partial charge in [0.25, 0.3) is 0 Å². The predicted molar refractivity (Wildman–Crippen MR) is 67.6 cm³/mol. The Kier molecular flexibility index (Phi) is 4.09. The first-order valence-electron chi connectivity index (χ1n) is 5.74. The van der Waals surface area contributed by atoms with Gasteiger partial charge < -0.3 is 15.2 Å². The van der Waals surface area contributed by atoms with E-state index in [1.165, 1.54) is 0 Å². The van der Waals surface area contributed by atoms with Crippen LogP contribution in [0.2, 0.25) is 0 Å². The Morgan fingerprint density at radius 1 is 1.17 bits per heavy atom. The third-order valence-electron chi connectivity index (χ3n) is 2.27. The molecule has 0 aliphatic carbocycles. The van der Waals surface area contributed by atoms with Gasteiger partial charge in [-0.25, -0.2) is 4.98 Å². The maximum atomic E-state index is 5.52. The summed E-state index contributed by atoms with van der Waals surface area (Å²) in [4.78, 5) is 8.14. The number of nitrogens with zero attached hydrogens (tertiary/aromatic N) is 2. The van der Waals surface area contributed by atoms with Crippen LogP contribution in [0.4, 0.5) is 0 Å². The fraction of sp³-hybridized carbons (Fsp3) is 0.231. The van der Waals surface area contributed by atoms with Crippen LogP contribution in [-0.4, -0.2) is 16.6 Å². The van der Waals surface area contributed by atoms with E-state index in [9.17, 15) is 0 Å². The van der Waals surface area contributed by atoms with Crippen molar-refractivity contribution in [1.29, 1.82) is 0 Å². The normalized spacial score (nSPS) is 10.1. The van der Waals surface area contributed by atoms with Gasteiger partial charge in [-0.3, -0.25) is 0 Å². The van der Waals surface area contributed by atoms with Crippen LogP contribution in [0.5, 0.6) is 17.6 Å². The quantitative estimate of drug-likeness (QED) is 0.873. The zero-order chi connectivity index (χ0) is 12.8. The van der Waals surface area contributed by atoms with E-state index in [-0.39, 0.29) is 6.01 Å². The van der Waals surface area contributed by atoms with Crippen molar-refractivity contribution >= 4 is 0 Å². The van der Waals surface area contributed by atoms with E-state index in [1.807, 2.05) is 31.2 Å². The van der Waals surface area contributed by atoms with Crippen molar-refractivity contribution in [2.24, 2.45) is 5.73 Å². The van der Waals surface area contributed by atoms with Crippen molar-refractivity contribution in [3.8, 4) is 17.6 Å². The van der Waals surface area contributed by atoms with Crippen molar-refractivity contribution in [1.82, 2.24) is 9.97 Å². The van der Waals surface area contributed by atoms with Crippen molar-refractivity contribution in [3.63, 3.8) is 0 Å². The molecular formula is C13H15N3O2. The molecule has 2 rings (SSSR count). The Labute approximate surface area is 106 Å². The number of aromatic nitrogens is 2. The molecule has 0 saturated heterocycles. The standard InChI is InChI=1S/C13H15N3O2/c1-2-17-12-7-8-15-13(16-12)18-11-5-3-10(9-14)4-6-11/h3-8H,2,9,14H2,1H3. The van der Waals surface area contributed by atoms with Gasteiger partial charge in [-0.2, -0.15) is 4.98 Å². The van der Waals surface area contributed by atoms with Gasteiger partial charge >= 0.3 is 6.01 Å². The highest BCUT2D eigenvalue weighted by atomic mass is 16.5. The minimum atomic E-state index is 0.265. The van der Waals surface area contributed by atoms with E-state index < -0.39 is 0 Å². The molecule has 0 fully saturated rings. The molecule has 5 nitrogen and oxygen atoms in total. The van der Waals surface area contributed by atoms with Crippen LogP contribution in [0.1, 0.15) is 12.5 Å². The summed E-state index contributed by atoms with van der Waals surface area (Å²) in [5, 5.41) is 0. The first-order valence-corrected chi connectivity index (χ1v) is 5.74. The van der Waals surface area contributed by atoms with E-state index in [4.69, 9.17) is 15.2 Å². The molecule has 18 heavy (non-hydrogen) atoms. The van der Waals surface area contributed by atoms with Crippen molar-refractivity contribution in [2.45, 2.75) is 13.5 Å². The minimum Gasteiger partial charge on any atom is -0.478 e. The summed E-state index contributed by atoms with van der Waals surface area (Å²) < 4.78 is 10.8. The van der Waals surface area contributed by atoms with Gasteiger partial charge in [0.2, 0.25) is 5.88 Å². The molecule has 94 valence electrons. The largest absolute Gasteiger partial charge is 0.478 e. The molecular weight excluding hydrogens is 230 g/mol. The van der Waals surface area contributed by atoms with E-state index in [2.05, 4.69) is 9.97 Å². The second kappa shape index (κ2) is 5.97. The summed E-state index contributed by atoms with van der Waals surface area (Å²) in [5.41, 5.74) is 6.57. The van der Waals surface area contributed by atoms with Crippen LogP contribution in [0.3, 0.4) is 0 Å². The molecule has 0 saturated carbocycles. The lowest BCUT2D eigenvalue weighted by Gasteiger charge is -2.06. The highest BCUT2D eigenvalue weighted by Crippen LogP contribution is 2.19. The highest BCUT2D eigenvalue weighted by Gasteiger charge is 2.02. The van der Waals surface area contributed by atoms with Crippen molar-refractivity contribution in [2.75, 3.05) is 6.61 Å². The first kappa shape index (κ1) is 12.3. The molecule has 1 aromatic heterocycles. The summed E-state index contributed by atoms with van der Waals surface area (Å²) in [6.07, 6.45) is 1.60. The molecule has 0 atom stereocenters. The Hall–Kier alpha value is -2.14. The van der Waals surface area contributed by atoms with Gasteiger partial charge in [-0.05, 0) is 24.6 Å². The number of benzene rings is 1. The second-order valence-electron chi connectivity index (χ2n) is 3.56. The van der Waals surface area contributed by atoms with Gasteiger partial charge in [-0.1, -0.05) is 12.1 Å². The highest BCUT2D eigenvalue weighted by molar-refractivity contribution is 5.29. The molecule has 1 aromatic carbocycles. The van der Waals surface area contributed by atoms with E-state index >= 15 is 0 Å². The molecule has 2 aromatic rings. The first-order chi connectivity index (χ1) is 8.81. The van der Waals surface area contributed by atoms with E-state index in [0.29, 0.717) is 24.8 Å². The van der Waals surface area contributed by atoms with E-state index in [0.717, 1.165) is 5.56 Å². The topological polar surface area (TPSA) is 70.3 Å². The van der Waals surface area contributed by atoms with Crippen LogP contribution in [-0.2, 0) is 6.54 Å². The number of hydrogen-bond acceptors (Lipinski definition) is 5. The Bertz CT molecular complexity index is 500. The zero-order valence-electron chi connectivity index (χ0n) is 10.2.